The lowest BCUT2D eigenvalue weighted by molar-refractivity contribution is -0.122. The van der Waals surface area contributed by atoms with Gasteiger partial charge in [-0.25, -0.2) is 14.3 Å². The van der Waals surface area contributed by atoms with Gasteiger partial charge < -0.3 is 10.1 Å². The first-order valence-electron chi connectivity index (χ1n) is 7.79. The number of pyridine rings is 1. The molecule has 0 spiro atoms. The lowest BCUT2D eigenvalue weighted by Gasteiger charge is -2.15. The highest BCUT2D eigenvalue weighted by atomic mass is 16.5. The van der Waals surface area contributed by atoms with Crippen LogP contribution in [0.1, 0.15) is 26.3 Å². The largest absolute Gasteiger partial charge is 0.493 e. The zero-order valence-corrected chi connectivity index (χ0v) is 14.5. The summed E-state index contributed by atoms with van der Waals surface area (Å²) in [5.41, 5.74) is -0.241. The third kappa shape index (κ3) is 3.17. The molecule has 0 saturated heterocycles. The van der Waals surface area contributed by atoms with E-state index < -0.39 is 17.2 Å². The maximum Gasteiger partial charge on any atom is 0.332 e. The van der Waals surface area contributed by atoms with Gasteiger partial charge in [-0.1, -0.05) is 0 Å². The van der Waals surface area contributed by atoms with E-state index in [-0.39, 0.29) is 23.6 Å². The van der Waals surface area contributed by atoms with E-state index in [1.54, 1.807) is 27.0 Å². The maximum atomic E-state index is 12.8. The molecule has 8 heteroatoms. The Morgan fingerprint density at radius 3 is 2.62 bits per heavy atom. The van der Waals surface area contributed by atoms with Crippen LogP contribution < -0.4 is 21.3 Å². The van der Waals surface area contributed by atoms with Gasteiger partial charge in [-0.2, -0.15) is 0 Å². The summed E-state index contributed by atoms with van der Waals surface area (Å²) in [5, 5.41) is 2.88. The fourth-order valence-electron chi connectivity index (χ4n) is 2.50. The summed E-state index contributed by atoms with van der Waals surface area (Å²) >= 11 is 0. The number of hydrogen-bond acceptors (Lipinski definition) is 5. The van der Waals surface area contributed by atoms with Gasteiger partial charge in [-0.15, -0.1) is 0 Å². The van der Waals surface area contributed by atoms with Gasteiger partial charge in [0.05, 0.1) is 6.61 Å². The summed E-state index contributed by atoms with van der Waals surface area (Å²) in [4.78, 5) is 41.4. The van der Waals surface area contributed by atoms with Crippen LogP contribution in [0.3, 0.4) is 0 Å². The zero-order valence-electron chi connectivity index (χ0n) is 14.5. The van der Waals surface area contributed by atoms with Gasteiger partial charge in [0.25, 0.3) is 5.56 Å². The fourth-order valence-corrected chi connectivity index (χ4v) is 2.50. The number of rotatable bonds is 5. The van der Waals surface area contributed by atoms with E-state index in [1.807, 2.05) is 6.92 Å². The number of fused-ring (bicyclic) bond motifs is 1. The molecular weight excluding hydrogens is 312 g/mol. The van der Waals surface area contributed by atoms with Gasteiger partial charge in [-0.3, -0.25) is 14.2 Å². The molecule has 0 unspecified atom stereocenters. The molecule has 0 atom stereocenters. The van der Waals surface area contributed by atoms with Crippen molar-refractivity contribution in [2.45, 2.75) is 40.3 Å². The predicted molar refractivity (Wildman–Crippen MR) is 90.4 cm³/mol. The molecule has 2 heterocycles. The summed E-state index contributed by atoms with van der Waals surface area (Å²) in [6.07, 6.45) is 1.56. The van der Waals surface area contributed by atoms with Crippen LogP contribution in [0.25, 0.3) is 11.0 Å². The molecule has 0 fully saturated rings. The Morgan fingerprint density at radius 2 is 2.04 bits per heavy atom. The summed E-state index contributed by atoms with van der Waals surface area (Å²) in [7, 11) is 1.51. The van der Waals surface area contributed by atoms with Crippen LogP contribution in [0.4, 0.5) is 0 Å². The van der Waals surface area contributed by atoms with E-state index in [0.717, 1.165) is 4.57 Å². The Hall–Kier alpha value is -2.64. The van der Waals surface area contributed by atoms with Crippen LogP contribution in [0.2, 0.25) is 0 Å². The van der Waals surface area contributed by atoms with Crippen LogP contribution in [0.15, 0.2) is 15.8 Å². The van der Waals surface area contributed by atoms with Crippen molar-refractivity contribution in [3.63, 3.8) is 0 Å². The second kappa shape index (κ2) is 6.86. The van der Waals surface area contributed by atoms with E-state index in [1.165, 1.54) is 11.6 Å². The van der Waals surface area contributed by atoms with E-state index in [2.05, 4.69) is 10.3 Å². The van der Waals surface area contributed by atoms with Crippen molar-refractivity contribution in [2.24, 2.45) is 7.05 Å². The summed E-state index contributed by atoms with van der Waals surface area (Å²) in [5.74, 6) is -0.0109. The summed E-state index contributed by atoms with van der Waals surface area (Å²) < 4.78 is 7.74. The van der Waals surface area contributed by atoms with Crippen molar-refractivity contribution in [3.8, 4) is 5.75 Å². The smallest absolute Gasteiger partial charge is 0.332 e. The number of nitrogens with zero attached hydrogens (tertiary/aromatic N) is 3. The Morgan fingerprint density at radius 1 is 1.38 bits per heavy atom. The Kier molecular flexibility index (Phi) is 5.06. The molecule has 0 aliphatic heterocycles. The molecule has 1 N–H and O–H groups in total. The molecule has 1 amide bonds. The van der Waals surface area contributed by atoms with Crippen LogP contribution in [0, 0.1) is 6.92 Å². The number of carbonyl (C=O) groups is 1. The fraction of sp³-hybridized carbons (Fsp3) is 0.500. The molecule has 0 bridgehead atoms. The summed E-state index contributed by atoms with van der Waals surface area (Å²) in [6.45, 7) is 7.22. The normalized spacial score (nSPS) is 11.1. The summed E-state index contributed by atoms with van der Waals surface area (Å²) in [6, 6.07) is -0.0830. The van der Waals surface area contributed by atoms with Crippen molar-refractivity contribution in [2.75, 3.05) is 6.61 Å². The number of aromatic nitrogens is 3. The zero-order chi connectivity index (χ0) is 18.0. The third-order valence-corrected chi connectivity index (χ3v) is 3.52. The molecule has 2 rings (SSSR count). The van der Waals surface area contributed by atoms with Crippen molar-refractivity contribution in [3.05, 3.63) is 32.6 Å². The van der Waals surface area contributed by atoms with Crippen LogP contribution in [-0.4, -0.2) is 32.7 Å². The molecule has 8 nitrogen and oxygen atoms in total. The standard InChI is InChI=1S/C16H22N4O4/c1-6-24-13-10(4)7-17-14-12(13)15(22)20(16(23)19(14)5)8-11(21)18-9(2)3/h7,9H,6,8H2,1-5H3,(H,18,21). The van der Waals surface area contributed by atoms with Gasteiger partial charge in [-0.05, 0) is 27.7 Å². The SMILES string of the molecule is CCOc1c(C)cnc2c1c(=O)n(CC(=O)NC(C)C)c(=O)n2C. The average Bonchev–Trinajstić information content (AvgIpc) is 2.50. The van der Waals surface area contributed by atoms with Crippen molar-refractivity contribution in [1.29, 1.82) is 0 Å². The molecule has 0 aromatic carbocycles. The third-order valence-electron chi connectivity index (χ3n) is 3.52. The van der Waals surface area contributed by atoms with Crippen LogP contribution in [0.5, 0.6) is 5.75 Å². The number of carbonyl (C=O) groups excluding carboxylic acids is 1. The minimum Gasteiger partial charge on any atom is -0.493 e. The quantitative estimate of drug-likeness (QED) is 0.850. The second-order valence-electron chi connectivity index (χ2n) is 5.86. The van der Waals surface area contributed by atoms with Gasteiger partial charge in [0, 0.05) is 24.8 Å². The highest BCUT2D eigenvalue weighted by Gasteiger charge is 2.19. The number of nitrogens with one attached hydrogen (secondary N) is 1. The maximum absolute atomic E-state index is 12.8. The molecule has 130 valence electrons. The van der Waals surface area contributed by atoms with Gasteiger partial charge >= 0.3 is 5.69 Å². The molecule has 0 saturated carbocycles. The molecule has 0 aliphatic carbocycles. The molecule has 0 radical (unpaired) electrons. The Labute approximate surface area is 139 Å². The van der Waals surface area contributed by atoms with Gasteiger partial charge in [0.15, 0.2) is 5.65 Å². The average molecular weight is 334 g/mol. The van der Waals surface area contributed by atoms with E-state index in [9.17, 15) is 14.4 Å². The number of hydrogen-bond donors (Lipinski definition) is 1. The second-order valence-corrected chi connectivity index (χ2v) is 5.86. The minimum atomic E-state index is -0.592. The van der Waals surface area contributed by atoms with E-state index >= 15 is 0 Å². The monoisotopic (exact) mass is 334 g/mol. The molecular formula is C16H22N4O4. The topological polar surface area (TPSA) is 95.2 Å². The van der Waals surface area contributed by atoms with E-state index in [4.69, 9.17) is 4.74 Å². The molecule has 2 aromatic rings. The van der Waals surface area contributed by atoms with Crippen molar-refractivity contribution >= 4 is 16.9 Å². The number of amides is 1. The van der Waals surface area contributed by atoms with Gasteiger partial charge in [0.1, 0.15) is 17.7 Å². The van der Waals surface area contributed by atoms with Crippen molar-refractivity contribution < 1.29 is 9.53 Å². The Bertz CT molecular complexity index is 896. The predicted octanol–water partition coefficient (Wildman–Crippen LogP) is 0.327. The first kappa shape index (κ1) is 17.7. The first-order valence-corrected chi connectivity index (χ1v) is 7.79. The Balaban J connectivity index is 2.74. The lowest BCUT2D eigenvalue weighted by atomic mass is 10.2. The molecule has 24 heavy (non-hydrogen) atoms. The highest BCUT2D eigenvalue weighted by molar-refractivity contribution is 5.83. The van der Waals surface area contributed by atoms with E-state index in [0.29, 0.717) is 17.9 Å². The lowest BCUT2D eigenvalue weighted by Crippen LogP contribution is -2.44. The van der Waals surface area contributed by atoms with Crippen LogP contribution in [-0.2, 0) is 18.4 Å². The minimum absolute atomic E-state index is 0.0830. The van der Waals surface area contributed by atoms with Crippen molar-refractivity contribution in [1.82, 2.24) is 19.4 Å². The molecule has 2 aromatic heterocycles. The first-order chi connectivity index (χ1) is 11.3. The highest BCUT2D eigenvalue weighted by Crippen LogP contribution is 2.24. The van der Waals surface area contributed by atoms with Crippen LogP contribution >= 0.6 is 0 Å². The van der Waals surface area contributed by atoms with Gasteiger partial charge in [0.2, 0.25) is 5.91 Å². The molecule has 0 aliphatic rings. The number of ether oxygens (including phenoxy) is 1. The number of aryl methyl sites for hydroxylation is 2.